The minimum absolute atomic E-state index is 0. The van der Waals surface area contributed by atoms with Crippen LogP contribution in [0.3, 0.4) is 0 Å². The van der Waals surface area contributed by atoms with Crippen LogP contribution in [0.2, 0.25) is 0 Å². The first-order valence-electron chi connectivity index (χ1n) is 9.10. The van der Waals surface area contributed by atoms with Gasteiger partial charge in [0.05, 0.1) is 19.4 Å². The first-order chi connectivity index (χ1) is 12.3. The van der Waals surface area contributed by atoms with Crippen molar-refractivity contribution in [3.05, 3.63) is 59.5 Å². The summed E-state index contributed by atoms with van der Waals surface area (Å²) in [6, 6.07) is 12.4. The van der Waals surface area contributed by atoms with E-state index in [2.05, 4.69) is 60.6 Å². The molecule has 0 bridgehead atoms. The smallest absolute Gasteiger partial charge is 0.191 e. The maximum atomic E-state index is 5.36. The van der Waals surface area contributed by atoms with Crippen molar-refractivity contribution in [1.82, 2.24) is 15.5 Å². The predicted octanol–water partition coefficient (Wildman–Crippen LogP) is 3.99. The predicted molar refractivity (Wildman–Crippen MR) is 119 cm³/mol. The number of halogens is 1. The highest BCUT2D eigenvalue weighted by atomic mass is 127. The third kappa shape index (κ3) is 7.37. The van der Waals surface area contributed by atoms with Gasteiger partial charge in [0, 0.05) is 13.1 Å². The van der Waals surface area contributed by atoms with Gasteiger partial charge in [-0.3, -0.25) is 4.90 Å². The molecule has 0 aliphatic carbocycles. The number of nitrogens with one attached hydrogen (secondary N) is 2. The highest BCUT2D eigenvalue weighted by molar-refractivity contribution is 14.0. The first-order valence-corrected chi connectivity index (χ1v) is 9.10. The minimum Gasteiger partial charge on any atom is -0.467 e. The molecule has 5 nitrogen and oxygen atoms in total. The fourth-order valence-electron chi connectivity index (χ4n) is 2.64. The molecule has 26 heavy (non-hydrogen) atoms. The molecule has 0 fully saturated rings. The normalized spacial score (nSPS) is 11.3. The number of hydrogen-bond acceptors (Lipinski definition) is 3. The van der Waals surface area contributed by atoms with Gasteiger partial charge in [0.25, 0.3) is 0 Å². The van der Waals surface area contributed by atoms with E-state index in [4.69, 9.17) is 9.41 Å². The SMILES string of the molecule is CCNC(=NCc1ccccc1CN(CC)CC)NCc1ccco1.I. The number of furan rings is 1. The Morgan fingerprint density at radius 3 is 2.35 bits per heavy atom. The summed E-state index contributed by atoms with van der Waals surface area (Å²) in [4.78, 5) is 7.16. The van der Waals surface area contributed by atoms with Gasteiger partial charge in [0.15, 0.2) is 5.96 Å². The summed E-state index contributed by atoms with van der Waals surface area (Å²) in [5.74, 6) is 1.70. The zero-order valence-corrected chi connectivity index (χ0v) is 18.3. The Morgan fingerprint density at radius 2 is 1.73 bits per heavy atom. The average molecular weight is 470 g/mol. The van der Waals surface area contributed by atoms with Gasteiger partial charge in [-0.25, -0.2) is 4.99 Å². The van der Waals surface area contributed by atoms with Gasteiger partial charge in [-0.15, -0.1) is 24.0 Å². The summed E-state index contributed by atoms with van der Waals surface area (Å²) in [6.45, 7) is 11.7. The third-order valence-corrected chi connectivity index (χ3v) is 4.17. The van der Waals surface area contributed by atoms with E-state index < -0.39 is 0 Å². The summed E-state index contributed by atoms with van der Waals surface area (Å²) < 4.78 is 5.36. The zero-order valence-electron chi connectivity index (χ0n) is 16.0. The Labute approximate surface area is 174 Å². The van der Waals surface area contributed by atoms with Crippen LogP contribution in [0.1, 0.15) is 37.7 Å². The van der Waals surface area contributed by atoms with E-state index in [1.54, 1.807) is 6.26 Å². The number of nitrogens with zero attached hydrogens (tertiary/aromatic N) is 2. The van der Waals surface area contributed by atoms with Crippen molar-refractivity contribution in [1.29, 1.82) is 0 Å². The number of benzene rings is 1. The van der Waals surface area contributed by atoms with Crippen molar-refractivity contribution in [2.45, 2.75) is 40.4 Å². The van der Waals surface area contributed by atoms with Gasteiger partial charge in [0.2, 0.25) is 0 Å². The Hall–Kier alpha value is -1.54. The minimum atomic E-state index is 0. The molecule has 1 aromatic carbocycles. The molecule has 2 N–H and O–H groups in total. The lowest BCUT2D eigenvalue weighted by Gasteiger charge is -2.20. The van der Waals surface area contributed by atoms with E-state index in [1.165, 1.54) is 11.1 Å². The highest BCUT2D eigenvalue weighted by Gasteiger charge is 2.06. The lowest BCUT2D eigenvalue weighted by Crippen LogP contribution is -2.36. The Morgan fingerprint density at radius 1 is 1.00 bits per heavy atom. The lowest BCUT2D eigenvalue weighted by molar-refractivity contribution is 0.295. The number of hydrogen-bond donors (Lipinski definition) is 2. The van der Waals surface area contributed by atoms with Crippen LogP contribution in [-0.4, -0.2) is 30.5 Å². The van der Waals surface area contributed by atoms with Gasteiger partial charge >= 0.3 is 0 Å². The molecule has 0 radical (unpaired) electrons. The van der Waals surface area contributed by atoms with Gasteiger partial charge in [-0.1, -0.05) is 38.1 Å². The molecule has 0 aliphatic rings. The molecule has 6 heteroatoms. The average Bonchev–Trinajstić information content (AvgIpc) is 3.16. The van der Waals surface area contributed by atoms with Crippen LogP contribution in [0.25, 0.3) is 0 Å². The van der Waals surface area contributed by atoms with E-state index in [-0.39, 0.29) is 24.0 Å². The van der Waals surface area contributed by atoms with Crippen LogP contribution < -0.4 is 10.6 Å². The maximum Gasteiger partial charge on any atom is 0.191 e. The molecular weight excluding hydrogens is 439 g/mol. The molecule has 0 spiro atoms. The molecule has 2 rings (SSSR count). The fourth-order valence-corrected chi connectivity index (χ4v) is 2.64. The molecule has 0 saturated heterocycles. The largest absolute Gasteiger partial charge is 0.467 e. The van der Waals surface area contributed by atoms with E-state index >= 15 is 0 Å². The van der Waals surface area contributed by atoms with Crippen LogP contribution in [0, 0.1) is 0 Å². The highest BCUT2D eigenvalue weighted by Crippen LogP contribution is 2.13. The number of aliphatic imine (C=N–C) groups is 1. The molecular formula is C20H31IN4O. The summed E-state index contributed by atoms with van der Waals surface area (Å²) >= 11 is 0. The third-order valence-electron chi connectivity index (χ3n) is 4.17. The van der Waals surface area contributed by atoms with Crippen molar-refractivity contribution in [3.8, 4) is 0 Å². The zero-order chi connectivity index (χ0) is 17.9. The van der Waals surface area contributed by atoms with E-state index in [9.17, 15) is 0 Å². The van der Waals surface area contributed by atoms with Gasteiger partial charge in [0.1, 0.15) is 5.76 Å². The maximum absolute atomic E-state index is 5.36. The standard InChI is InChI=1S/C20H30N4O.HI/c1-4-21-20(23-15-19-12-9-13-25-19)22-14-17-10-7-8-11-18(17)16-24(5-2)6-3;/h7-13H,4-6,14-16H2,1-3H3,(H2,21,22,23);1H. The summed E-state index contributed by atoms with van der Waals surface area (Å²) in [5.41, 5.74) is 2.61. The topological polar surface area (TPSA) is 52.8 Å². The molecule has 0 amide bonds. The van der Waals surface area contributed by atoms with Crippen molar-refractivity contribution in [2.75, 3.05) is 19.6 Å². The summed E-state index contributed by atoms with van der Waals surface area (Å²) in [6.07, 6.45) is 1.69. The summed E-state index contributed by atoms with van der Waals surface area (Å²) in [7, 11) is 0. The molecule has 0 aliphatic heterocycles. The molecule has 0 unspecified atom stereocenters. The number of rotatable bonds is 9. The van der Waals surface area contributed by atoms with Crippen molar-refractivity contribution >= 4 is 29.9 Å². The van der Waals surface area contributed by atoms with Crippen LogP contribution in [0.4, 0.5) is 0 Å². The van der Waals surface area contributed by atoms with Crippen LogP contribution >= 0.6 is 24.0 Å². The fraction of sp³-hybridized carbons (Fsp3) is 0.450. The van der Waals surface area contributed by atoms with Gasteiger partial charge < -0.3 is 15.1 Å². The molecule has 2 aromatic rings. The van der Waals surface area contributed by atoms with Crippen molar-refractivity contribution in [3.63, 3.8) is 0 Å². The second-order valence-corrected chi connectivity index (χ2v) is 5.86. The van der Waals surface area contributed by atoms with Crippen molar-refractivity contribution < 1.29 is 4.42 Å². The molecule has 1 heterocycles. The van der Waals surface area contributed by atoms with E-state index in [0.717, 1.165) is 37.9 Å². The first kappa shape index (κ1) is 22.5. The Balaban J connectivity index is 0.00000338. The number of guanidine groups is 1. The second kappa shape index (κ2) is 12.8. The Kier molecular flexibility index (Phi) is 11.0. The van der Waals surface area contributed by atoms with Crippen LogP contribution in [0.15, 0.2) is 52.1 Å². The molecule has 1 aromatic heterocycles. The van der Waals surface area contributed by atoms with E-state index in [1.807, 2.05) is 12.1 Å². The van der Waals surface area contributed by atoms with Crippen LogP contribution in [-0.2, 0) is 19.6 Å². The Bertz CT molecular complexity index is 639. The monoisotopic (exact) mass is 470 g/mol. The molecule has 144 valence electrons. The van der Waals surface area contributed by atoms with Crippen LogP contribution in [0.5, 0.6) is 0 Å². The second-order valence-electron chi connectivity index (χ2n) is 5.86. The molecule has 0 atom stereocenters. The quantitative estimate of drug-likeness (QED) is 0.331. The van der Waals surface area contributed by atoms with Gasteiger partial charge in [-0.2, -0.15) is 0 Å². The molecule has 0 saturated carbocycles. The van der Waals surface area contributed by atoms with E-state index in [0.29, 0.717) is 13.1 Å². The summed E-state index contributed by atoms with van der Waals surface area (Å²) in [5, 5.41) is 6.60. The van der Waals surface area contributed by atoms with Crippen molar-refractivity contribution in [2.24, 2.45) is 4.99 Å². The van der Waals surface area contributed by atoms with Gasteiger partial charge in [-0.05, 0) is 43.3 Å². The lowest BCUT2D eigenvalue weighted by atomic mass is 10.1.